The first-order chi connectivity index (χ1) is 9.17. The topological polar surface area (TPSA) is 62.7 Å². The molecule has 1 aromatic heterocycles. The molecule has 0 aliphatic rings. The molecule has 1 aromatic carbocycles. The van der Waals surface area contributed by atoms with Gasteiger partial charge in [-0.05, 0) is 18.4 Å². The van der Waals surface area contributed by atoms with Crippen molar-refractivity contribution in [2.75, 3.05) is 0 Å². The molecule has 98 valence electrons. The number of nitriles is 1. The lowest BCUT2D eigenvalue weighted by molar-refractivity contribution is 0.355. The Labute approximate surface area is 113 Å². The summed E-state index contributed by atoms with van der Waals surface area (Å²) >= 11 is 0. The number of aryl methyl sites for hydroxylation is 1. The number of hydrogen-bond donors (Lipinski definition) is 0. The summed E-state index contributed by atoms with van der Waals surface area (Å²) in [7, 11) is 0. The molecule has 0 radical (unpaired) electrons. The van der Waals surface area contributed by atoms with E-state index in [-0.39, 0.29) is 5.92 Å². The van der Waals surface area contributed by atoms with Gasteiger partial charge in [-0.2, -0.15) is 10.2 Å². The first-order valence-corrected chi connectivity index (χ1v) is 6.41. The lowest BCUT2D eigenvalue weighted by Crippen LogP contribution is -1.99. The van der Waals surface area contributed by atoms with Crippen LogP contribution in [0, 0.1) is 24.2 Å². The number of aromatic nitrogens is 2. The third-order valence-corrected chi connectivity index (χ3v) is 2.92. The number of benzene rings is 1. The molecular formula is C15H17N3O. The van der Waals surface area contributed by atoms with Gasteiger partial charge in [-0.1, -0.05) is 41.9 Å². The molecule has 4 heteroatoms. The van der Waals surface area contributed by atoms with Crippen LogP contribution in [0.4, 0.5) is 0 Å². The van der Waals surface area contributed by atoms with E-state index in [1.807, 2.05) is 13.0 Å². The lowest BCUT2D eigenvalue weighted by Gasteiger charge is -2.00. The molecule has 19 heavy (non-hydrogen) atoms. The van der Waals surface area contributed by atoms with Gasteiger partial charge in [-0.15, -0.1) is 0 Å². The molecule has 0 saturated carbocycles. The van der Waals surface area contributed by atoms with Crippen LogP contribution in [0.25, 0.3) is 0 Å². The Morgan fingerprint density at radius 3 is 3.00 bits per heavy atom. The van der Waals surface area contributed by atoms with E-state index in [2.05, 4.69) is 41.3 Å². The lowest BCUT2D eigenvalue weighted by atomic mass is 10.1. The summed E-state index contributed by atoms with van der Waals surface area (Å²) in [5.74, 6) is 1.56. The molecule has 4 nitrogen and oxygen atoms in total. The summed E-state index contributed by atoms with van der Waals surface area (Å²) in [4.78, 5) is 4.37. The smallest absolute Gasteiger partial charge is 0.226 e. The van der Waals surface area contributed by atoms with Crippen molar-refractivity contribution in [2.24, 2.45) is 5.92 Å². The zero-order chi connectivity index (χ0) is 13.7. The molecule has 0 N–H and O–H groups in total. The van der Waals surface area contributed by atoms with Crippen molar-refractivity contribution in [3.05, 3.63) is 47.1 Å². The van der Waals surface area contributed by atoms with Gasteiger partial charge in [-0.25, -0.2) is 0 Å². The highest BCUT2D eigenvalue weighted by Crippen LogP contribution is 2.12. The minimum absolute atomic E-state index is 0.247. The molecule has 2 rings (SSSR count). The normalized spacial score (nSPS) is 12.1. The summed E-state index contributed by atoms with van der Waals surface area (Å²) in [6.07, 6.45) is 1.85. The summed E-state index contributed by atoms with van der Waals surface area (Å²) in [6, 6.07) is 10.4. The number of rotatable bonds is 5. The highest BCUT2D eigenvalue weighted by molar-refractivity contribution is 5.24. The van der Waals surface area contributed by atoms with Gasteiger partial charge in [0.1, 0.15) is 0 Å². The summed E-state index contributed by atoms with van der Waals surface area (Å²) < 4.78 is 5.21. The fourth-order valence-electron chi connectivity index (χ4n) is 1.98. The maximum Gasteiger partial charge on any atom is 0.226 e. The van der Waals surface area contributed by atoms with E-state index in [0.29, 0.717) is 31.0 Å². The monoisotopic (exact) mass is 255 g/mol. The van der Waals surface area contributed by atoms with Gasteiger partial charge in [0.2, 0.25) is 5.89 Å². The van der Waals surface area contributed by atoms with E-state index in [1.54, 1.807) is 0 Å². The van der Waals surface area contributed by atoms with Crippen LogP contribution in [0.15, 0.2) is 28.8 Å². The standard InChI is InChI=1S/C15H17N3O/c1-11-4-3-5-13(8-11)10-14-17-15(19-18-14)9-12(2)6-7-16/h3-5,8,12H,6,9-10H2,1-2H3. The van der Waals surface area contributed by atoms with Crippen LogP contribution in [-0.4, -0.2) is 10.1 Å². The Hall–Kier alpha value is -2.15. The minimum atomic E-state index is 0.247. The second-order valence-corrected chi connectivity index (χ2v) is 4.94. The summed E-state index contributed by atoms with van der Waals surface area (Å²) in [5, 5.41) is 12.6. The Morgan fingerprint density at radius 1 is 1.42 bits per heavy atom. The third kappa shape index (κ3) is 3.92. The predicted octanol–water partition coefficient (Wildman–Crippen LogP) is 3.06. The first-order valence-electron chi connectivity index (χ1n) is 6.41. The molecule has 0 saturated heterocycles. The quantitative estimate of drug-likeness (QED) is 0.823. The van der Waals surface area contributed by atoms with E-state index in [0.717, 1.165) is 0 Å². The van der Waals surface area contributed by atoms with Crippen LogP contribution >= 0.6 is 0 Å². The van der Waals surface area contributed by atoms with Crippen LogP contribution < -0.4 is 0 Å². The van der Waals surface area contributed by atoms with Crippen molar-refractivity contribution in [1.29, 1.82) is 5.26 Å². The second kappa shape index (κ2) is 6.14. The predicted molar refractivity (Wildman–Crippen MR) is 71.4 cm³/mol. The number of nitrogens with zero attached hydrogens (tertiary/aromatic N) is 3. The molecule has 2 aromatic rings. The SMILES string of the molecule is Cc1cccc(Cc2noc(CC(C)CC#N)n2)c1. The van der Waals surface area contributed by atoms with Crippen molar-refractivity contribution in [3.63, 3.8) is 0 Å². The molecule has 0 spiro atoms. The Kier molecular flexibility index (Phi) is 4.30. The van der Waals surface area contributed by atoms with Crippen LogP contribution in [0.5, 0.6) is 0 Å². The van der Waals surface area contributed by atoms with Crippen molar-refractivity contribution >= 4 is 0 Å². The summed E-state index contributed by atoms with van der Waals surface area (Å²) in [6.45, 7) is 4.07. The number of hydrogen-bond acceptors (Lipinski definition) is 4. The van der Waals surface area contributed by atoms with E-state index >= 15 is 0 Å². The van der Waals surface area contributed by atoms with E-state index in [9.17, 15) is 0 Å². The van der Waals surface area contributed by atoms with Crippen molar-refractivity contribution in [1.82, 2.24) is 10.1 Å². The van der Waals surface area contributed by atoms with Gasteiger partial charge in [-0.3, -0.25) is 0 Å². The van der Waals surface area contributed by atoms with Crippen molar-refractivity contribution in [3.8, 4) is 6.07 Å². The van der Waals surface area contributed by atoms with Crippen molar-refractivity contribution < 1.29 is 4.52 Å². The minimum Gasteiger partial charge on any atom is -0.339 e. The molecule has 0 aliphatic heterocycles. The maximum atomic E-state index is 8.62. The maximum absolute atomic E-state index is 8.62. The highest BCUT2D eigenvalue weighted by Gasteiger charge is 2.11. The fraction of sp³-hybridized carbons (Fsp3) is 0.400. The molecule has 0 aliphatic carbocycles. The molecule has 0 fully saturated rings. The molecule has 1 unspecified atom stereocenters. The Morgan fingerprint density at radius 2 is 2.26 bits per heavy atom. The van der Waals surface area contributed by atoms with Gasteiger partial charge < -0.3 is 4.52 Å². The molecule has 0 bridgehead atoms. The molecule has 1 heterocycles. The van der Waals surface area contributed by atoms with Gasteiger partial charge in [0.05, 0.1) is 6.07 Å². The zero-order valence-electron chi connectivity index (χ0n) is 11.3. The largest absolute Gasteiger partial charge is 0.339 e. The van der Waals surface area contributed by atoms with Gasteiger partial charge in [0, 0.05) is 19.3 Å². The Balaban J connectivity index is 1.99. The van der Waals surface area contributed by atoms with Crippen LogP contribution in [0.3, 0.4) is 0 Å². The summed E-state index contributed by atoms with van der Waals surface area (Å²) in [5.41, 5.74) is 2.40. The molecule has 0 amide bonds. The zero-order valence-corrected chi connectivity index (χ0v) is 11.3. The van der Waals surface area contributed by atoms with E-state index in [1.165, 1.54) is 11.1 Å². The third-order valence-electron chi connectivity index (χ3n) is 2.92. The van der Waals surface area contributed by atoms with Crippen LogP contribution in [0.2, 0.25) is 0 Å². The fourth-order valence-corrected chi connectivity index (χ4v) is 1.98. The molecule has 1 atom stereocenters. The Bertz CT molecular complexity index is 583. The van der Waals surface area contributed by atoms with Crippen molar-refractivity contribution in [2.45, 2.75) is 33.1 Å². The second-order valence-electron chi connectivity index (χ2n) is 4.94. The van der Waals surface area contributed by atoms with Crippen LogP contribution in [0.1, 0.15) is 36.2 Å². The highest BCUT2D eigenvalue weighted by atomic mass is 16.5. The van der Waals surface area contributed by atoms with Gasteiger partial charge in [0.15, 0.2) is 5.82 Å². The first kappa shape index (κ1) is 13.3. The average molecular weight is 255 g/mol. The van der Waals surface area contributed by atoms with Gasteiger partial charge >= 0.3 is 0 Å². The van der Waals surface area contributed by atoms with E-state index in [4.69, 9.17) is 9.78 Å². The van der Waals surface area contributed by atoms with E-state index < -0.39 is 0 Å². The average Bonchev–Trinajstić information content (AvgIpc) is 2.76. The van der Waals surface area contributed by atoms with Crippen LogP contribution in [-0.2, 0) is 12.8 Å². The van der Waals surface area contributed by atoms with Gasteiger partial charge in [0.25, 0.3) is 0 Å². The molecular weight excluding hydrogens is 238 g/mol.